The summed E-state index contributed by atoms with van der Waals surface area (Å²) in [7, 11) is 13.2. The van der Waals surface area contributed by atoms with Crippen LogP contribution in [0.3, 0.4) is 0 Å². The minimum atomic E-state index is -0.901. The molecule has 0 aliphatic carbocycles. The molecule has 8 bridgehead atoms. The van der Waals surface area contributed by atoms with Crippen molar-refractivity contribution in [1.82, 2.24) is 0 Å². The lowest BCUT2D eigenvalue weighted by Gasteiger charge is -2.48. The highest BCUT2D eigenvalue weighted by atomic mass is 32.4. The van der Waals surface area contributed by atoms with Crippen molar-refractivity contribution >= 4 is 73.7 Å². The van der Waals surface area contributed by atoms with Crippen LogP contribution >= 0.6 is 68.0 Å². The van der Waals surface area contributed by atoms with Gasteiger partial charge in [-0.2, -0.15) is 0 Å². The van der Waals surface area contributed by atoms with E-state index >= 15 is 0 Å². The number of hydrogen-bond acceptors (Lipinski definition) is 9. The largest absolute Gasteiger partial charge is 0.374 e. The summed E-state index contributed by atoms with van der Waals surface area (Å²) in [6.07, 6.45) is 10.5. The van der Waals surface area contributed by atoms with Gasteiger partial charge in [0.15, 0.2) is 0 Å². The SMILES string of the molecule is C=C1CCC2CC(=C)C(CC[C@H]3C[C@@H](C)C(=C)C(CC4O[C@H](C[C@H](C)CCPP)[C@H](C)[C@H]4CC(=O)CC4CC[C@@H]5O[C@@H]6C(O[C@H](C1)[C@@H]6OP(P)P)[C@@H](OP(P)P)[C@H]5O4)O3)O2. The molecule has 0 saturated carbocycles. The number of carbonyl (C=O) groups is 1. The average Bonchev–Trinajstić information content (AvgIpc) is 3.81. The number of hydrogen-bond donors (Lipinski definition) is 0. The first-order chi connectivity index (χ1) is 28.7. The molecular weight excluding hydrogens is 908 g/mol. The fourth-order valence-corrected chi connectivity index (χ4v) is 15.1. The average molecular weight is 983 g/mol. The topological polar surface area (TPSA) is 90.9 Å². The van der Waals surface area contributed by atoms with Crippen LogP contribution < -0.4 is 0 Å². The van der Waals surface area contributed by atoms with Gasteiger partial charge >= 0.3 is 0 Å². The van der Waals surface area contributed by atoms with E-state index in [1.165, 1.54) is 18.2 Å². The van der Waals surface area contributed by atoms with Crippen LogP contribution in [0.2, 0.25) is 0 Å². The zero-order valence-electron chi connectivity index (χ0n) is 36.1. The van der Waals surface area contributed by atoms with Crippen LogP contribution in [0.5, 0.6) is 0 Å². The first-order valence-electron chi connectivity index (χ1n) is 22.5. The van der Waals surface area contributed by atoms with E-state index in [0.717, 1.165) is 83.6 Å². The molecule has 0 aromatic carbocycles. The van der Waals surface area contributed by atoms with Crippen LogP contribution in [0.15, 0.2) is 36.5 Å². The van der Waals surface area contributed by atoms with Gasteiger partial charge in [-0.1, -0.05) is 81.8 Å². The summed E-state index contributed by atoms with van der Waals surface area (Å²) in [4.78, 5) is 14.3. The second-order valence-electron chi connectivity index (χ2n) is 19.1. The minimum Gasteiger partial charge on any atom is -0.374 e. The highest BCUT2D eigenvalue weighted by Crippen LogP contribution is 2.60. The molecule has 7 rings (SSSR count). The Bertz CT molecular complexity index is 1510. The van der Waals surface area contributed by atoms with Gasteiger partial charge in [-0.05, 0) is 112 Å². The lowest BCUT2D eigenvalue weighted by Crippen LogP contribution is -2.61. The summed E-state index contributed by atoms with van der Waals surface area (Å²) in [5.74, 6) is 1.51. The Morgan fingerprint density at radius 3 is 2.17 bits per heavy atom. The van der Waals surface area contributed by atoms with Gasteiger partial charge in [0.2, 0.25) is 0 Å². The predicted octanol–water partition coefficient (Wildman–Crippen LogP) is 11.0. The van der Waals surface area contributed by atoms with Crippen LogP contribution in [0, 0.1) is 23.7 Å². The number of fused-ring (bicyclic) bond motifs is 7. The number of ether oxygens (including phenoxy) is 6. The van der Waals surface area contributed by atoms with Crippen molar-refractivity contribution in [3.8, 4) is 0 Å². The second kappa shape index (κ2) is 22.9. The summed E-state index contributed by atoms with van der Waals surface area (Å²) in [6, 6.07) is 0. The molecule has 340 valence electrons. The van der Waals surface area contributed by atoms with Crippen molar-refractivity contribution in [3.05, 3.63) is 36.5 Å². The fourth-order valence-electron chi connectivity index (χ4n) is 11.2. The summed E-state index contributed by atoms with van der Waals surface area (Å²) < 4.78 is 54.8. The molecule has 0 spiro atoms. The van der Waals surface area contributed by atoms with Gasteiger partial charge < -0.3 is 37.5 Å². The highest BCUT2D eigenvalue weighted by molar-refractivity contribution is 8.41. The van der Waals surface area contributed by atoms with Crippen molar-refractivity contribution in [3.63, 3.8) is 0 Å². The molecule has 0 amide bonds. The first kappa shape index (κ1) is 49.9. The molecule has 0 aromatic heterocycles. The maximum absolute atomic E-state index is 14.3. The Morgan fingerprint density at radius 1 is 0.733 bits per heavy atom. The van der Waals surface area contributed by atoms with E-state index in [0.29, 0.717) is 31.1 Å². The van der Waals surface area contributed by atoms with Crippen molar-refractivity contribution in [2.24, 2.45) is 23.7 Å². The zero-order valence-corrected chi connectivity index (χ0v) is 44.6. The molecule has 7 fully saturated rings. The van der Waals surface area contributed by atoms with Gasteiger partial charge in [0, 0.05) is 19.3 Å². The third-order valence-electron chi connectivity index (χ3n) is 14.6. The van der Waals surface area contributed by atoms with Crippen molar-refractivity contribution in [1.29, 1.82) is 0 Å². The number of Topliss-reactive ketones (excluding diaryl/α,β-unsaturated/α-hetero) is 1. The monoisotopic (exact) mass is 982 g/mol. The molecule has 60 heavy (non-hydrogen) atoms. The lowest BCUT2D eigenvalue weighted by molar-refractivity contribution is -0.251. The summed E-state index contributed by atoms with van der Waals surface area (Å²) >= 11 is 0. The van der Waals surface area contributed by atoms with E-state index in [4.69, 9.17) is 37.5 Å². The van der Waals surface area contributed by atoms with E-state index in [9.17, 15) is 4.79 Å². The molecule has 17 heteroatoms. The molecule has 7 heterocycles. The van der Waals surface area contributed by atoms with Crippen LogP contribution in [-0.2, 0) is 42.3 Å². The van der Waals surface area contributed by atoms with Gasteiger partial charge in [0.1, 0.15) is 36.3 Å². The molecule has 9 nitrogen and oxygen atoms in total. The van der Waals surface area contributed by atoms with Gasteiger partial charge in [-0.15, -0.1) is 17.2 Å². The maximum Gasteiger partial charge on any atom is 0.135 e. The van der Waals surface area contributed by atoms with Gasteiger partial charge in [-0.3, -0.25) is 4.79 Å². The molecular formula is C43H74O9P8. The van der Waals surface area contributed by atoms with E-state index in [1.54, 1.807) is 0 Å². The van der Waals surface area contributed by atoms with E-state index in [1.807, 2.05) is 0 Å². The quantitative estimate of drug-likeness (QED) is 0.165. The van der Waals surface area contributed by atoms with Gasteiger partial charge in [0.05, 0.1) is 70.0 Å². The molecule has 7 aliphatic rings. The maximum atomic E-state index is 14.3. The Morgan fingerprint density at radius 2 is 1.42 bits per heavy atom. The standard InChI is InChI=1S/C43H74O9P8/c1-22-7-8-29-18-25(4)33(45-29)11-9-30-17-24(3)26(5)36(46-30)21-37-32(27(6)35(48-37)15-23(2)13-14-58-53)20-28(44)19-31-10-12-34-39(47-31)43(52-60(56)57)42-41(49-34)40(51-59(54)55)38(16-22)50-42/h23-24,27,29-43,58H,1,4-5,7-21,53-57H2,2-3,6H3/t23-,24-,27-,29?,30+,31?,32-,33?,34+,35-,36?,37?,38-,39+,40+,41+,42?,43+/m1/s1. The Labute approximate surface area is 376 Å². The van der Waals surface area contributed by atoms with E-state index in [2.05, 4.69) is 85.2 Å². The first-order valence-corrected chi connectivity index (χ1v) is 34.5. The molecule has 24 atom stereocenters. The van der Waals surface area contributed by atoms with Gasteiger partial charge in [0.25, 0.3) is 0 Å². The van der Waals surface area contributed by atoms with Crippen molar-refractivity contribution in [2.75, 3.05) is 6.16 Å². The smallest absolute Gasteiger partial charge is 0.135 e. The molecule has 0 aromatic rings. The van der Waals surface area contributed by atoms with Crippen LogP contribution in [0.4, 0.5) is 0 Å². The highest BCUT2D eigenvalue weighted by Gasteiger charge is 2.59. The van der Waals surface area contributed by atoms with E-state index < -0.39 is 15.1 Å². The zero-order chi connectivity index (χ0) is 42.8. The minimum absolute atomic E-state index is 0.0326. The molecule has 0 N–H and O–H groups in total. The normalized spacial score (nSPS) is 43.9. The summed E-state index contributed by atoms with van der Waals surface area (Å²) in [5, 5.41) is 0. The second-order valence-corrected chi connectivity index (χ2v) is 32.8. The molecule has 7 aliphatic heterocycles. The van der Waals surface area contributed by atoms with Crippen LogP contribution in [0.1, 0.15) is 111 Å². The number of rotatable bonds is 9. The van der Waals surface area contributed by atoms with Gasteiger partial charge in [-0.25, -0.2) is 0 Å². The molecule has 12 unspecified atom stereocenters. The fraction of sp³-hybridized carbons (Fsp3) is 0.837. The number of ketones is 1. The molecule has 0 radical (unpaired) electrons. The van der Waals surface area contributed by atoms with Crippen molar-refractivity contribution in [2.45, 2.75) is 196 Å². The third kappa shape index (κ3) is 12.6. The Kier molecular flexibility index (Phi) is 19.0. The predicted molar refractivity (Wildman–Crippen MR) is 265 cm³/mol. The van der Waals surface area contributed by atoms with Crippen LogP contribution in [0.25, 0.3) is 0 Å². The van der Waals surface area contributed by atoms with Crippen molar-refractivity contribution < 1.29 is 42.3 Å². The summed E-state index contributed by atoms with van der Waals surface area (Å²) in [6.45, 7) is 20.5. The third-order valence-corrected chi connectivity index (χ3v) is 18.4. The lowest BCUT2D eigenvalue weighted by atomic mass is 9.78. The number of carbonyl (C=O) groups excluding carboxylic acids is 1. The molecule has 7 saturated heterocycles. The Balaban J connectivity index is 1.14. The van der Waals surface area contributed by atoms with Crippen LogP contribution in [-0.4, -0.2) is 97.4 Å². The Hall–Kier alpha value is 2.01. The summed E-state index contributed by atoms with van der Waals surface area (Å²) in [5.41, 5.74) is 3.45. The van der Waals surface area contributed by atoms with E-state index in [-0.39, 0.29) is 103 Å².